The molecule has 7 rings (SSSR count). The molecule has 0 amide bonds. The smallest absolute Gasteiger partial charge is 0.172 e. The van der Waals surface area contributed by atoms with E-state index >= 15 is 4.57 Å². The number of hydrogen-bond acceptors (Lipinski definition) is 1. The van der Waals surface area contributed by atoms with Crippen LogP contribution in [0.25, 0.3) is 38.6 Å². The average Bonchev–Trinajstić information content (AvgIpc) is 3.42. The van der Waals surface area contributed by atoms with Gasteiger partial charge in [0.1, 0.15) is 39.2 Å². The van der Waals surface area contributed by atoms with E-state index < -0.39 is 7.14 Å². The zero-order chi connectivity index (χ0) is 26.3. The summed E-state index contributed by atoms with van der Waals surface area (Å²) >= 11 is 0. The fourth-order valence-electron chi connectivity index (χ4n) is 6.63. The Morgan fingerprint density at radius 1 is 0.553 bits per heavy atom. The van der Waals surface area contributed by atoms with E-state index in [0.29, 0.717) is 0 Å². The molecule has 8 heteroatoms. The lowest BCUT2D eigenvalue weighted by atomic mass is 9.61. The molecule has 0 radical (unpaired) electrons. The summed E-state index contributed by atoms with van der Waals surface area (Å²) in [4.78, 5) is 0. The standard InChI is InChI=1S/C30H25B5NOP/c31-24-25(32)27(34)30(28(35)26(24)33)36-20-12-6-4-10-17(20)18-14-15-22-23(29(18)36)19-11-5-7-13-21(19)38(22,37)16-8-2-1-3-9-16/h1-15H,31-35H2. The van der Waals surface area contributed by atoms with Crippen LogP contribution in [0.4, 0.5) is 0 Å². The number of nitrogens with zero attached hydrogens (tertiary/aromatic N) is 1. The molecule has 1 atom stereocenters. The summed E-state index contributed by atoms with van der Waals surface area (Å²) in [6, 6.07) is 31.4. The van der Waals surface area contributed by atoms with Crippen LogP contribution in [0.1, 0.15) is 0 Å². The Balaban J connectivity index is 1.73. The Labute approximate surface area is 227 Å². The molecule has 2 heterocycles. The molecular weight excluding hydrogens is 475 g/mol. The normalized spacial score (nSPS) is 16.1. The first-order chi connectivity index (χ1) is 18.4. The highest BCUT2D eigenvalue weighted by atomic mass is 31.2. The molecule has 5 aromatic carbocycles. The Kier molecular flexibility index (Phi) is 5.10. The molecule has 1 unspecified atom stereocenters. The highest BCUT2D eigenvalue weighted by molar-refractivity contribution is 7.86. The van der Waals surface area contributed by atoms with Crippen molar-refractivity contribution in [2.45, 2.75) is 0 Å². The van der Waals surface area contributed by atoms with Gasteiger partial charge in [-0.25, -0.2) is 0 Å². The van der Waals surface area contributed by atoms with Crippen LogP contribution in [0.3, 0.4) is 0 Å². The maximum Gasteiger partial charge on any atom is 0.172 e. The van der Waals surface area contributed by atoms with Crippen LogP contribution in [0.15, 0.2) is 91.0 Å². The second-order valence-electron chi connectivity index (χ2n) is 10.6. The van der Waals surface area contributed by atoms with Gasteiger partial charge in [-0.2, -0.15) is 0 Å². The second-order valence-corrected chi connectivity index (χ2v) is 13.3. The monoisotopic (exact) mass is 501 g/mol. The van der Waals surface area contributed by atoms with Crippen LogP contribution in [-0.2, 0) is 4.57 Å². The van der Waals surface area contributed by atoms with E-state index in [2.05, 4.69) is 98.4 Å². The minimum absolute atomic E-state index is 0.891. The third kappa shape index (κ3) is 2.89. The zero-order valence-electron chi connectivity index (χ0n) is 22.5. The summed E-state index contributed by atoms with van der Waals surface area (Å²) in [5, 5.41) is 5.19. The molecule has 0 bridgehead atoms. The third-order valence-electron chi connectivity index (χ3n) is 8.97. The quantitative estimate of drug-likeness (QED) is 0.193. The number of rotatable bonds is 2. The second kappa shape index (κ2) is 8.22. The topological polar surface area (TPSA) is 22.0 Å². The van der Waals surface area contributed by atoms with Crippen LogP contribution < -0.4 is 43.2 Å². The van der Waals surface area contributed by atoms with Crippen molar-refractivity contribution in [2.24, 2.45) is 0 Å². The van der Waals surface area contributed by atoms with Crippen LogP contribution in [0, 0.1) is 0 Å². The van der Waals surface area contributed by atoms with Crippen molar-refractivity contribution in [3.8, 4) is 16.8 Å². The Hall–Kier alpha value is -3.55. The van der Waals surface area contributed by atoms with Gasteiger partial charge in [-0.05, 0) is 17.7 Å². The third-order valence-corrected chi connectivity index (χ3v) is 12.1. The molecule has 2 nitrogen and oxygen atoms in total. The maximum atomic E-state index is 15.2. The van der Waals surface area contributed by atoms with Crippen molar-refractivity contribution in [1.82, 2.24) is 4.57 Å². The van der Waals surface area contributed by atoms with Gasteiger partial charge in [-0.15, -0.1) is 5.46 Å². The lowest BCUT2D eigenvalue weighted by molar-refractivity contribution is 0.593. The SMILES string of the molecule is Bc1c(B)c(B)c(-n2c3ccccc3c3ccc4c(c32)-c2ccccc2P4(=O)c2ccccc2)c(B)c1B. The summed E-state index contributed by atoms with van der Waals surface area (Å²) in [6.45, 7) is 0. The average molecular weight is 501 g/mol. The Bertz CT molecular complexity index is 1990. The first kappa shape index (κ1) is 23.6. The molecule has 0 saturated heterocycles. The van der Waals surface area contributed by atoms with Crippen molar-refractivity contribution < 1.29 is 4.57 Å². The fraction of sp³-hybridized carbons (Fsp3) is 0. The largest absolute Gasteiger partial charge is 0.310 e. The van der Waals surface area contributed by atoms with Crippen LogP contribution in [0.2, 0.25) is 0 Å². The van der Waals surface area contributed by atoms with E-state index in [4.69, 9.17) is 0 Å². The summed E-state index contributed by atoms with van der Waals surface area (Å²) in [7, 11) is 8.16. The van der Waals surface area contributed by atoms with E-state index in [0.717, 1.165) is 32.6 Å². The van der Waals surface area contributed by atoms with Gasteiger partial charge < -0.3 is 9.13 Å². The molecular formula is C30H25B5NOP. The van der Waals surface area contributed by atoms with Crippen molar-refractivity contribution in [1.29, 1.82) is 0 Å². The van der Waals surface area contributed by atoms with Crippen molar-refractivity contribution in [3.05, 3.63) is 91.0 Å². The fourth-order valence-corrected chi connectivity index (χ4v) is 9.68. The van der Waals surface area contributed by atoms with Gasteiger partial charge in [-0.3, -0.25) is 0 Å². The molecule has 176 valence electrons. The van der Waals surface area contributed by atoms with Gasteiger partial charge in [0.15, 0.2) is 7.14 Å². The number of benzene rings is 5. The summed E-state index contributed by atoms with van der Waals surface area (Å²) in [5.74, 6) is 0. The van der Waals surface area contributed by atoms with Crippen molar-refractivity contribution >= 4 is 111 Å². The van der Waals surface area contributed by atoms with Gasteiger partial charge in [0, 0.05) is 37.9 Å². The lowest BCUT2D eigenvalue weighted by Crippen LogP contribution is -2.56. The summed E-state index contributed by atoms with van der Waals surface area (Å²) in [6.07, 6.45) is 0. The van der Waals surface area contributed by atoms with Gasteiger partial charge in [-0.1, -0.05) is 101 Å². The minimum Gasteiger partial charge on any atom is -0.310 e. The molecule has 1 aliphatic heterocycles. The van der Waals surface area contributed by atoms with E-state index in [1.165, 1.54) is 49.3 Å². The molecule has 0 fully saturated rings. The number of hydrogen-bond donors (Lipinski definition) is 0. The minimum atomic E-state index is -3.03. The lowest BCUT2D eigenvalue weighted by Gasteiger charge is -2.23. The highest BCUT2D eigenvalue weighted by Gasteiger charge is 2.42. The molecule has 0 aliphatic carbocycles. The van der Waals surface area contributed by atoms with E-state index in [-0.39, 0.29) is 0 Å². The molecule has 1 aromatic heterocycles. The molecule has 0 saturated carbocycles. The molecule has 0 spiro atoms. The van der Waals surface area contributed by atoms with Gasteiger partial charge in [0.25, 0.3) is 0 Å². The number of fused-ring (bicyclic) bond motifs is 7. The summed E-state index contributed by atoms with van der Waals surface area (Å²) in [5.41, 5.74) is 12.4. The predicted molar refractivity (Wildman–Crippen MR) is 180 cm³/mol. The first-order valence-corrected chi connectivity index (χ1v) is 15.0. The van der Waals surface area contributed by atoms with Crippen LogP contribution >= 0.6 is 7.14 Å². The number of aromatic nitrogens is 1. The maximum absolute atomic E-state index is 15.2. The Morgan fingerprint density at radius 3 is 1.89 bits per heavy atom. The van der Waals surface area contributed by atoms with Gasteiger partial charge in [0.05, 0.1) is 11.0 Å². The van der Waals surface area contributed by atoms with Crippen LogP contribution in [-0.4, -0.2) is 43.8 Å². The summed E-state index contributed by atoms with van der Waals surface area (Å²) < 4.78 is 17.7. The first-order valence-electron chi connectivity index (χ1n) is 13.3. The molecule has 6 aromatic rings. The van der Waals surface area contributed by atoms with E-state index in [9.17, 15) is 0 Å². The molecule has 38 heavy (non-hydrogen) atoms. The van der Waals surface area contributed by atoms with Crippen molar-refractivity contribution in [2.75, 3.05) is 0 Å². The highest BCUT2D eigenvalue weighted by Crippen LogP contribution is 2.54. The van der Waals surface area contributed by atoms with Crippen molar-refractivity contribution in [3.63, 3.8) is 0 Å². The van der Waals surface area contributed by atoms with Gasteiger partial charge >= 0.3 is 0 Å². The number of para-hydroxylation sites is 1. The van der Waals surface area contributed by atoms with E-state index in [1.54, 1.807) is 0 Å². The van der Waals surface area contributed by atoms with Gasteiger partial charge in [0.2, 0.25) is 0 Å². The predicted octanol–water partition coefficient (Wildman–Crippen LogP) is -2.30. The Morgan fingerprint density at radius 2 is 1.16 bits per heavy atom. The molecule has 0 N–H and O–H groups in total. The van der Waals surface area contributed by atoms with E-state index in [1.807, 2.05) is 36.4 Å². The molecule has 1 aliphatic rings. The van der Waals surface area contributed by atoms with Crippen LogP contribution in [0.5, 0.6) is 0 Å². The zero-order valence-corrected chi connectivity index (χ0v) is 23.4.